The Labute approximate surface area is 196 Å². The van der Waals surface area contributed by atoms with Crippen LogP contribution in [0.5, 0.6) is 5.75 Å². The first kappa shape index (κ1) is 21.7. The van der Waals surface area contributed by atoms with E-state index in [1.54, 1.807) is 13.2 Å². The van der Waals surface area contributed by atoms with Crippen LogP contribution < -0.4 is 30.5 Å². The molecule has 1 unspecified atom stereocenters. The highest BCUT2D eigenvalue weighted by atomic mass is 16.5. The maximum absolute atomic E-state index is 13.3. The molecule has 2 aromatic carbocycles. The van der Waals surface area contributed by atoms with Crippen LogP contribution in [0.2, 0.25) is 0 Å². The van der Waals surface area contributed by atoms with E-state index in [2.05, 4.69) is 25.8 Å². The number of fused-ring (bicyclic) bond motifs is 4. The number of benzene rings is 2. The van der Waals surface area contributed by atoms with Gasteiger partial charge in [0.2, 0.25) is 17.7 Å². The third kappa shape index (κ3) is 3.42. The Morgan fingerprint density at radius 1 is 1.06 bits per heavy atom. The standard InChI is InChI=1S/C24H25N5O5/c1-14(30)25-16-3-8-19-15(11-16)12-24(21(31)26-23(33)27-22(24)32)20-13-28(9-10-29(19)20)17-4-6-18(34-2)7-5-17/h3-8,11,20H,9-10,12-13H2,1-2H3,(H,25,30)(H2,26,27,31,32,33). The molecule has 0 saturated carbocycles. The lowest BCUT2D eigenvalue weighted by Gasteiger charge is -2.54. The van der Waals surface area contributed by atoms with E-state index in [1.165, 1.54) is 6.92 Å². The highest BCUT2D eigenvalue weighted by Crippen LogP contribution is 2.45. The van der Waals surface area contributed by atoms with Gasteiger partial charge in [0.15, 0.2) is 5.41 Å². The Kier molecular flexibility index (Phi) is 5.15. The molecule has 0 aromatic heterocycles. The molecule has 0 bridgehead atoms. The van der Waals surface area contributed by atoms with Crippen molar-refractivity contribution in [1.82, 2.24) is 10.6 Å². The number of amides is 5. The molecule has 3 aliphatic heterocycles. The number of nitrogens with zero attached hydrogens (tertiary/aromatic N) is 2. The first-order chi connectivity index (χ1) is 16.3. The number of hydrogen-bond donors (Lipinski definition) is 3. The Balaban J connectivity index is 1.57. The largest absolute Gasteiger partial charge is 0.497 e. The minimum Gasteiger partial charge on any atom is -0.497 e. The van der Waals surface area contributed by atoms with E-state index < -0.39 is 29.3 Å². The van der Waals surface area contributed by atoms with Gasteiger partial charge in [-0.2, -0.15) is 0 Å². The normalized spacial score (nSPS) is 20.8. The molecular formula is C24H25N5O5. The Hall–Kier alpha value is -4.08. The molecule has 10 heteroatoms. The topological polar surface area (TPSA) is 120 Å². The lowest BCUT2D eigenvalue weighted by molar-refractivity contribution is -0.146. The summed E-state index contributed by atoms with van der Waals surface area (Å²) in [6.45, 7) is 3.07. The number of rotatable bonds is 3. The summed E-state index contributed by atoms with van der Waals surface area (Å²) in [4.78, 5) is 54.3. The summed E-state index contributed by atoms with van der Waals surface area (Å²) in [7, 11) is 1.61. The molecule has 176 valence electrons. The number of piperazine rings is 1. The van der Waals surface area contributed by atoms with Gasteiger partial charge in [-0.3, -0.25) is 25.0 Å². The maximum atomic E-state index is 13.3. The van der Waals surface area contributed by atoms with Crippen LogP contribution in [0.25, 0.3) is 0 Å². The fourth-order valence-corrected chi connectivity index (χ4v) is 5.25. The first-order valence-corrected chi connectivity index (χ1v) is 11.0. The summed E-state index contributed by atoms with van der Waals surface area (Å²) in [5.74, 6) is -0.688. The van der Waals surface area contributed by atoms with Crippen molar-refractivity contribution in [3.8, 4) is 5.75 Å². The van der Waals surface area contributed by atoms with Crippen LogP contribution >= 0.6 is 0 Å². The molecule has 2 fully saturated rings. The van der Waals surface area contributed by atoms with Crippen LogP contribution in [0.15, 0.2) is 42.5 Å². The van der Waals surface area contributed by atoms with Crippen LogP contribution in [0.3, 0.4) is 0 Å². The molecule has 3 aliphatic rings. The molecule has 3 heterocycles. The zero-order valence-electron chi connectivity index (χ0n) is 18.9. The monoisotopic (exact) mass is 463 g/mol. The van der Waals surface area contributed by atoms with Crippen LogP contribution in [0.4, 0.5) is 21.9 Å². The van der Waals surface area contributed by atoms with Gasteiger partial charge in [-0.15, -0.1) is 0 Å². The Morgan fingerprint density at radius 3 is 2.41 bits per heavy atom. The third-order valence-corrected chi connectivity index (χ3v) is 6.83. The molecular weight excluding hydrogens is 438 g/mol. The van der Waals surface area contributed by atoms with Gasteiger partial charge in [-0.1, -0.05) is 0 Å². The SMILES string of the molecule is COc1ccc(N2CCN3c4ccc(NC(C)=O)cc4CC4(C(=O)NC(=O)NC4=O)C3C2)cc1. The second-order valence-corrected chi connectivity index (χ2v) is 8.76. The van der Waals surface area contributed by atoms with Crippen molar-refractivity contribution in [2.24, 2.45) is 5.41 Å². The predicted molar refractivity (Wildman–Crippen MR) is 125 cm³/mol. The van der Waals surface area contributed by atoms with Crippen molar-refractivity contribution < 1.29 is 23.9 Å². The quantitative estimate of drug-likeness (QED) is 0.586. The number of anilines is 3. The van der Waals surface area contributed by atoms with Gasteiger partial charge in [0.1, 0.15) is 5.75 Å². The van der Waals surface area contributed by atoms with E-state index >= 15 is 0 Å². The summed E-state index contributed by atoms with van der Waals surface area (Å²) in [6, 6.07) is 11.8. The molecule has 5 rings (SSSR count). The van der Waals surface area contributed by atoms with Gasteiger partial charge in [0, 0.05) is 43.6 Å². The smallest absolute Gasteiger partial charge is 0.328 e. The average Bonchev–Trinajstić information content (AvgIpc) is 2.81. The summed E-state index contributed by atoms with van der Waals surface area (Å²) < 4.78 is 5.25. The second-order valence-electron chi connectivity index (χ2n) is 8.76. The van der Waals surface area contributed by atoms with Crippen molar-refractivity contribution in [3.63, 3.8) is 0 Å². The minimum atomic E-state index is -1.50. The lowest BCUT2D eigenvalue weighted by atomic mass is 9.68. The summed E-state index contributed by atoms with van der Waals surface area (Å²) in [5.41, 5.74) is 1.72. The fraction of sp³-hybridized carbons (Fsp3) is 0.333. The molecule has 2 aromatic rings. The van der Waals surface area contributed by atoms with Crippen LogP contribution in [-0.2, 0) is 20.8 Å². The molecule has 5 amide bonds. The van der Waals surface area contributed by atoms with E-state index in [4.69, 9.17) is 4.74 Å². The zero-order chi connectivity index (χ0) is 24.0. The molecule has 1 atom stereocenters. The van der Waals surface area contributed by atoms with E-state index in [0.29, 0.717) is 25.3 Å². The molecule has 3 N–H and O–H groups in total. The number of nitrogens with one attached hydrogen (secondary N) is 3. The number of ether oxygens (including phenoxy) is 1. The Bertz CT molecular complexity index is 1170. The van der Waals surface area contributed by atoms with Gasteiger partial charge >= 0.3 is 6.03 Å². The second kappa shape index (κ2) is 8.05. The number of imide groups is 2. The number of urea groups is 1. The van der Waals surface area contributed by atoms with Crippen molar-refractivity contribution >= 4 is 40.8 Å². The highest BCUT2D eigenvalue weighted by Gasteiger charge is 2.60. The number of hydrogen-bond acceptors (Lipinski definition) is 7. The predicted octanol–water partition coefficient (Wildman–Crippen LogP) is 1.26. The number of barbiturate groups is 1. The van der Waals surface area contributed by atoms with Crippen molar-refractivity contribution in [2.75, 3.05) is 41.9 Å². The highest BCUT2D eigenvalue weighted by molar-refractivity contribution is 6.20. The molecule has 1 spiro atoms. The van der Waals surface area contributed by atoms with Gasteiger partial charge in [-0.25, -0.2) is 4.79 Å². The molecule has 34 heavy (non-hydrogen) atoms. The van der Waals surface area contributed by atoms with E-state index in [9.17, 15) is 19.2 Å². The Morgan fingerprint density at radius 2 is 1.76 bits per heavy atom. The van der Waals surface area contributed by atoms with Gasteiger partial charge < -0.3 is 19.9 Å². The van der Waals surface area contributed by atoms with Gasteiger partial charge in [0.05, 0.1) is 13.2 Å². The van der Waals surface area contributed by atoms with Crippen LogP contribution in [0.1, 0.15) is 12.5 Å². The maximum Gasteiger partial charge on any atom is 0.328 e. The van der Waals surface area contributed by atoms with Crippen molar-refractivity contribution in [3.05, 3.63) is 48.0 Å². The molecule has 10 nitrogen and oxygen atoms in total. The molecule has 0 radical (unpaired) electrons. The average molecular weight is 463 g/mol. The minimum absolute atomic E-state index is 0.109. The molecule has 2 saturated heterocycles. The van der Waals surface area contributed by atoms with Crippen LogP contribution in [-0.4, -0.2) is 56.5 Å². The van der Waals surface area contributed by atoms with Crippen LogP contribution in [0, 0.1) is 5.41 Å². The van der Waals surface area contributed by atoms with Crippen molar-refractivity contribution in [2.45, 2.75) is 19.4 Å². The van der Waals surface area contributed by atoms with Gasteiger partial charge in [-0.05, 0) is 54.4 Å². The number of methoxy groups -OCH3 is 1. The third-order valence-electron chi connectivity index (χ3n) is 6.83. The van der Waals surface area contributed by atoms with E-state index in [0.717, 1.165) is 22.7 Å². The number of carbonyl (C=O) groups excluding carboxylic acids is 4. The first-order valence-electron chi connectivity index (χ1n) is 11.0. The fourth-order valence-electron chi connectivity index (χ4n) is 5.25. The van der Waals surface area contributed by atoms with E-state index in [1.807, 2.05) is 36.4 Å². The number of carbonyl (C=O) groups is 4. The van der Waals surface area contributed by atoms with Gasteiger partial charge in [0.25, 0.3) is 0 Å². The zero-order valence-corrected chi connectivity index (χ0v) is 18.9. The van der Waals surface area contributed by atoms with E-state index in [-0.39, 0.29) is 12.3 Å². The lowest BCUT2D eigenvalue weighted by Crippen LogP contribution is -2.74. The van der Waals surface area contributed by atoms with Crippen molar-refractivity contribution in [1.29, 1.82) is 0 Å². The summed E-state index contributed by atoms with van der Waals surface area (Å²) >= 11 is 0. The summed E-state index contributed by atoms with van der Waals surface area (Å²) in [6.07, 6.45) is 0.109. The summed E-state index contributed by atoms with van der Waals surface area (Å²) in [5, 5.41) is 7.37. The molecule has 0 aliphatic carbocycles.